The van der Waals surface area contributed by atoms with Gasteiger partial charge in [-0.15, -0.1) is 0 Å². The first-order valence-corrected chi connectivity index (χ1v) is 10.6. The van der Waals surface area contributed by atoms with Crippen molar-refractivity contribution in [3.8, 4) is 11.5 Å². The van der Waals surface area contributed by atoms with Crippen molar-refractivity contribution in [2.45, 2.75) is 0 Å². The zero-order chi connectivity index (χ0) is 16.3. The van der Waals surface area contributed by atoms with E-state index in [-0.39, 0.29) is 11.5 Å². The standard InChI is InChI=1S/C6H2Br4O.C6H3Br3O/c7-2-1-3(11)5(9)6(10)4(2)8;7-3-1-4(8)6(10)5(9)2-3/h1,11H;1-2,10H. The SMILES string of the molecule is Oc1c(Br)cc(Br)cc1Br.Oc1cc(Br)c(Br)c(Br)c1Br. The smallest absolute Gasteiger partial charge is 0.144 e. The first-order chi connectivity index (χ1) is 9.65. The first-order valence-electron chi connectivity index (χ1n) is 5.00. The Balaban J connectivity index is 0.000000211. The minimum atomic E-state index is 0.201. The lowest BCUT2D eigenvalue weighted by atomic mass is 10.3. The zero-order valence-electron chi connectivity index (χ0n) is 9.77. The summed E-state index contributed by atoms with van der Waals surface area (Å²) < 4.78 is 5.40. The molecular formula is C12H5Br7O2. The molecule has 21 heavy (non-hydrogen) atoms. The molecule has 0 aromatic heterocycles. The summed E-state index contributed by atoms with van der Waals surface area (Å²) in [5.41, 5.74) is 0. The molecule has 2 rings (SSSR count). The van der Waals surface area contributed by atoms with Gasteiger partial charge in [-0.1, -0.05) is 15.9 Å². The number of hydrogen-bond acceptors (Lipinski definition) is 2. The summed E-state index contributed by atoms with van der Waals surface area (Å²) in [6.45, 7) is 0. The molecule has 0 aliphatic heterocycles. The molecule has 0 bridgehead atoms. The fraction of sp³-hybridized carbons (Fsp3) is 0. The Morgan fingerprint density at radius 1 is 0.571 bits per heavy atom. The number of halogens is 7. The minimum Gasteiger partial charge on any atom is -0.507 e. The van der Waals surface area contributed by atoms with Gasteiger partial charge in [0.1, 0.15) is 11.5 Å². The highest BCUT2D eigenvalue weighted by molar-refractivity contribution is 9.15. The first kappa shape index (κ1) is 20.4. The van der Waals surface area contributed by atoms with Crippen molar-refractivity contribution in [1.82, 2.24) is 0 Å². The normalized spacial score (nSPS) is 10.0. The second-order valence-electron chi connectivity index (χ2n) is 3.54. The van der Waals surface area contributed by atoms with E-state index in [1.54, 1.807) is 18.2 Å². The third-order valence-corrected chi connectivity index (χ3v) is 8.37. The van der Waals surface area contributed by atoms with E-state index in [9.17, 15) is 10.2 Å². The van der Waals surface area contributed by atoms with Crippen LogP contribution in [0.5, 0.6) is 11.5 Å². The van der Waals surface area contributed by atoms with Crippen molar-refractivity contribution < 1.29 is 10.2 Å². The summed E-state index contributed by atoms with van der Waals surface area (Å²) in [6.07, 6.45) is 0. The predicted octanol–water partition coefficient (Wildman–Crippen LogP) is 8.12. The van der Waals surface area contributed by atoms with Crippen LogP contribution in [0.2, 0.25) is 0 Å². The van der Waals surface area contributed by atoms with E-state index in [0.29, 0.717) is 13.4 Å². The highest BCUT2D eigenvalue weighted by Gasteiger charge is 2.10. The summed E-state index contributed by atoms with van der Waals surface area (Å²) in [5.74, 6) is 0.426. The van der Waals surface area contributed by atoms with Gasteiger partial charge in [0.15, 0.2) is 0 Å². The molecule has 0 aliphatic carbocycles. The van der Waals surface area contributed by atoms with E-state index in [2.05, 4.69) is 112 Å². The topological polar surface area (TPSA) is 40.5 Å². The van der Waals surface area contributed by atoms with E-state index < -0.39 is 0 Å². The molecule has 0 unspecified atom stereocenters. The van der Waals surface area contributed by atoms with Crippen molar-refractivity contribution in [3.63, 3.8) is 0 Å². The molecule has 0 saturated carbocycles. The van der Waals surface area contributed by atoms with Gasteiger partial charge in [-0.25, -0.2) is 0 Å². The molecule has 2 nitrogen and oxygen atoms in total. The number of aromatic hydroxyl groups is 2. The molecule has 0 fully saturated rings. The molecule has 2 aromatic rings. The summed E-state index contributed by atoms with van der Waals surface area (Å²) in [5, 5.41) is 18.5. The minimum absolute atomic E-state index is 0.201. The Morgan fingerprint density at radius 2 is 1.05 bits per heavy atom. The summed E-state index contributed by atoms with van der Waals surface area (Å²) in [6, 6.07) is 5.17. The summed E-state index contributed by atoms with van der Waals surface area (Å²) in [4.78, 5) is 0. The van der Waals surface area contributed by atoms with Crippen LogP contribution in [0.3, 0.4) is 0 Å². The van der Waals surface area contributed by atoms with Crippen molar-refractivity contribution in [1.29, 1.82) is 0 Å². The van der Waals surface area contributed by atoms with Crippen LogP contribution in [0.25, 0.3) is 0 Å². The molecule has 9 heteroatoms. The Kier molecular flexibility index (Phi) is 8.79. The zero-order valence-corrected chi connectivity index (χ0v) is 20.9. The fourth-order valence-electron chi connectivity index (χ4n) is 1.09. The maximum atomic E-state index is 9.28. The number of hydrogen-bond donors (Lipinski definition) is 2. The quantitative estimate of drug-likeness (QED) is 0.212. The fourth-order valence-corrected chi connectivity index (χ4v) is 5.34. The highest BCUT2D eigenvalue weighted by atomic mass is 79.9. The van der Waals surface area contributed by atoms with Crippen LogP contribution >= 0.6 is 112 Å². The van der Waals surface area contributed by atoms with Crippen molar-refractivity contribution in [2.24, 2.45) is 0 Å². The Hall–Kier alpha value is 1.40. The number of phenolic OH excluding ortho intramolecular Hbond substituents is 2. The molecule has 2 aromatic carbocycles. The Bertz CT molecular complexity index is 624. The van der Waals surface area contributed by atoms with Gasteiger partial charge in [0.05, 0.1) is 17.9 Å². The van der Waals surface area contributed by atoms with E-state index in [4.69, 9.17) is 0 Å². The van der Waals surface area contributed by atoms with Gasteiger partial charge in [-0.05, 0) is 114 Å². The van der Waals surface area contributed by atoms with Gasteiger partial charge < -0.3 is 10.2 Å². The van der Waals surface area contributed by atoms with E-state index in [1.807, 2.05) is 0 Å². The van der Waals surface area contributed by atoms with Gasteiger partial charge in [-0.2, -0.15) is 0 Å². The van der Waals surface area contributed by atoms with Gasteiger partial charge in [-0.3, -0.25) is 0 Å². The number of benzene rings is 2. The van der Waals surface area contributed by atoms with Crippen molar-refractivity contribution in [2.75, 3.05) is 0 Å². The average Bonchev–Trinajstić information content (AvgIpc) is 2.41. The molecule has 0 aliphatic rings. The van der Waals surface area contributed by atoms with Gasteiger partial charge in [0.25, 0.3) is 0 Å². The predicted molar refractivity (Wildman–Crippen MR) is 110 cm³/mol. The van der Waals surface area contributed by atoms with E-state index in [1.165, 1.54) is 0 Å². The lowest BCUT2D eigenvalue weighted by Gasteiger charge is -2.03. The van der Waals surface area contributed by atoms with Crippen LogP contribution in [-0.2, 0) is 0 Å². The number of phenols is 2. The van der Waals surface area contributed by atoms with Crippen LogP contribution in [0.4, 0.5) is 0 Å². The maximum absolute atomic E-state index is 9.28. The largest absolute Gasteiger partial charge is 0.507 e. The Labute approximate surface area is 180 Å². The average molecular weight is 740 g/mol. The second-order valence-corrected chi connectivity index (χ2v) is 9.40. The van der Waals surface area contributed by atoms with Crippen molar-refractivity contribution >= 4 is 112 Å². The lowest BCUT2D eigenvalue weighted by molar-refractivity contribution is 0.468. The molecule has 114 valence electrons. The molecular weight excluding hydrogens is 735 g/mol. The van der Waals surface area contributed by atoms with Crippen LogP contribution in [-0.4, -0.2) is 10.2 Å². The van der Waals surface area contributed by atoms with Crippen LogP contribution in [0, 0.1) is 0 Å². The molecule has 0 atom stereocenters. The monoisotopic (exact) mass is 733 g/mol. The van der Waals surface area contributed by atoms with Crippen LogP contribution < -0.4 is 0 Å². The van der Waals surface area contributed by atoms with Crippen LogP contribution in [0.1, 0.15) is 0 Å². The third kappa shape index (κ3) is 5.76. The molecule has 0 spiro atoms. The second kappa shape index (κ2) is 9.03. The molecule has 0 radical (unpaired) electrons. The van der Waals surface area contributed by atoms with Crippen molar-refractivity contribution in [3.05, 3.63) is 49.5 Å². The molecule has 0 amide bonds. The van der Waals surface area contributed by atoms with Gasteiger partial charge in [0.2, 0.25) is 0 Å². The van der Waals surface area contributed by atoms with E-state index >= 15 is 0 Å². The van der Waals surface area contributed by atoms with Crippen LogP contribution in [0.15, 0.2) is 49.5 Å². The Morgan fingerprint density at radius 3 is 1.52 bits per heavy atom. The lowest BCUT2D eigenvalue weighted by Crippen LogP contribution is -1.76. The molecule has 2 N–H and O–H groups in total. The third-order valence-electron chi connectivity index (χ3n) is 2.07. The molecule has 0 saturated heterocycles. The van der Waals surface area contributed by atoms with E-state index in [0.717, 1.165) is 17.9 Å². The van der Waals surface area contributed by atoms with Gasteiger partial charge >= 0.3 is 0 Å². The highest BCUT2D eigenvalue weighted by Crippen LogP contribution is 2.41. The maximum Gasteiger partial charge on any atom is 0.144 e. The number of rotatable bonds is 0. The summed E-state index contributed by atoms with van der Waals surface area (Å²) >= 11 is 22.8. The molecule has 0 heterocycles. The summed E-state index contributed by atoms with van der Waals surface area (Å²) in [7, 11) is 0. The van der Waals surface area contributed by atoms with Gasteiger partial charge in [0, 0.05) is 13.4 Å².